The molecule has 2 aromatic rings. The number of furan rings is 1. The molecular weight excluding hydrogens is 236 g/mol. The Morgan fingerprint density at radius 1 is 1.44 bits per heavy atom. The highest BCUT2D eigenvalue weighted by atomic mass is 16.5. The Kier molecular flexibility index (Phi) is 3.78. The fourth-order valence-electron chi connectivity index (χ4n) is 1.51. The lowest BCUT2D eigenvalue weighted by atomic mass is 10.3. The van der Waals surface area contributed by atoms with Crippen molar-refractivity contribution in [3.63, 3.8) is 0 Å². The molecule has 0 bridgehead atoms. The third-order valence-electron chi connectivity index (χ3n) is 2.36. The minimum absolute atomic E-state index is 0.405. The third-order valence-corrected chi connectivity index (χ3v) is 2.36. The summed E-state index contributed by atoms with van der Waals surface area (Å²) in [5, 5.41) is 6.98. The van der Waals surface area contributed by atoms with E-state index in [-0.39, 0.29) is 0 Å². The molecule has 0 spiro atoms. The first-order valence-electron chi connectivity index (χ1n) is 5.47. The van der Waals surface area contributed by atoms with Crippen molar-refractivity contribution in [2.45, 2.75) is 20.0 Å². The summed E-state index contributed by atoms with van der Waals surface area (Å²) in [4.78, 5) is 11.2. The van der Waals surface area contributed by atoms with Crippen LogP contribution in [0.2, 0.25) is 0 Å². The molecule has 2 aromatic heterocycles. The van der Waals surface area contributed by atoms with E-state index in [1.54, 1.807) is 6.07 Å². The molecule has 2 rings (SSSR count). The van der Waals surface area contributed by atoms with Gasteiger partial charge in [0.1, 0.15) is 17.8 Å². The Morgan fingerprint density at radius 3 is 2.94 bits per heavy atom. The van der Waals surface area contributed by atoms with Gasteiger partial charge in [-0.3, -0.25) is 0 Å². The monoisotopic (exact) mass is 250 g/mol. The summed E-state index contributed by atoms with van der Waals surface area (Å²) in [5.41, 5.74) is 1.24. The molecule has 0 aliphatic heterocycles. The van der Waals surface area contributed by atoms with E-state index in [9.17, 15) is 4.79 Å². The predicted molar refractivity (Wildman–Crippen MR) is 61.8 cm³/mol. The highest BCUT2D eigenvalue weighted by molar-refractivity contribution is 5.88. The topological polar surface area (TPSA) is 77.5 Å². The van der Waals surface area contributed by atoms with Crippen LogP contribution < -0.4 is 5.32 Å². The Bertz CT molecular complexity index is 530. The Balaban J connectivity index is 1.83. The van der Waals surface area contributed by atoms with Gasteiger partial charge < -0.3 is 19.0 Å². The number of hydrogen-bond acceptors (Lipinski definition) is 6. The molecule has 18 heavy (non-hydrogen) atoms. The molecule has 0 aromatic carbocycles. The Hall–Kier alpha value is -2.08. The second-order valence-electron chi connectivity index (χ2n) is 3.83. The van der Waals surface area contributed by atoms with Gasteiger partial charge in [0.2, 0.25) is 0 Å². The van der Waals surface area contributed by atoms with Crippen LogP contribution in [0.15, 0.2) is 27.3 Å². The zero-order chi connectivity index (χ0) is 13.0. The molecule has 0 unspecified atom stereocenters. The second kappa shape index (κ2) is 5.50. The van der Waals surface area contributed by atoms with E-state index in [2.05, 4.69) is 15.2 Å². The van der Waals surface area contributed by atoms with Crippen LogP contribution in [-0.2, 0) is 17.8 Å². The first kappa shape index (κ1) is 12.4. The number of hydrogen-bond donors (Lipinski definition) is 1. The summed E-state index contributed by atoms with van der Waals surface area (Å²) < 4.78 is 14.8. The number of carbonyl (C=O) groups excluding carboxylic acids is 1. The minimum atomic E-state index is -0.405. The zero-order valence-electron chi connectivity index (χ0n) is 10.2. The third kappa shape index (κ3) is 2.98. The van der Waals surface area contributed by atoms with E-state index in [1.807, 2.05) is 13.0 Å². The molecule has 0 radical (unpaired) electrons. The lowest BCUT2D eigenvalue weighted by molar-refractivity contribution is 0.0600. The maximum atomic E-state index is 11.2. The first-order valence-corrected chi connectivity index (χ1v) is 5.47. The van der Waals surface area contributed by atoms with Crippen molar-refractivity contribution in [1.82, 2.24) is 10.5 Å². The quantitative estimate of drug-likeness (QED) is 0.813. The maximum Gasteiger partial charge on any atom is 0.341 e. The van der Waals surface area contributed by atoms with Crippen LogP contribution >= 0.6 is 0 Å². The van der Waals surface area contributed by atoms with Gasteiger partial charge in [0.25, 0.3) is 0 Å². The van der Waals surface area contributed by atoms with E-state index >= 15 is 0 Å². The number of aryl methyl sites for hydroxylation is 1. The predicted octanol–water partition coefficient (Wildman–Crippen LogP) is 1.65. The van der Waals surface area contributed by atoms with Gasteiger partial charge in [0, 0.05) is 12.6 Å². The highest BCUT2D eigenvalue weighted by Gasteiger charge is 2.09. The second-order valence-corrected chi connectivity index (χ2v) is 3.83. The van der Waals surface area contributed by atoms with Crippen molar-refractivity contribution in [3.05, 3.63) is 41.2 Å². The van der Waals surface area contributed by atoms with E-state index in [4.69, 9.17) is 8.94 Å². The lowest BCUT2D eigenvalue weighted by Gasteiger charge is -1.97. The van der Waals surface area contributed by atoms with Crippen LogP contribution in [0.4, 0.5) is 0 Å². The van der Waals surface area contributed by atoms with Gasteiger partial charge in [0.15, 0.2) is 0 Å². The molecule has 0 saturated heterocycles. The maximum absolute atomic E-state index is 11.2. The Morgan fingerprint density at radius 2 is 2.28 bits per heavy atom. The van der Waals surface area contributed by atoms with Crippen LogP contribution in [0.1, 0.15) is 27.6 Å². The number of nitrogens with one attached hydrogen (secondary N) is 1. The number of nitrogens with zero attached hydrogens (tertiary/aromatic N) is 1. The Labute approximate surface area is 104 Å². The van der Waals surface area contributed by atoms with E-state index in [1.165, 1.54) is 13.4 Å². The van der Waals surface area contributed by atoms with Crippen molar-refractivity contribution in [2.24, 2.45) is 0 Å². The number of carbonyl (C=O) groups is 1. The van der Waals surface area contributed by atoms with Crippen LogP contribution in [0, 0.1) is 6.92 Å². The van der Waals surface area contributed by atoms with Crippen molar-refractivity contribution >= 4 is 5.97 Å². The van der Waals surface area contributed by atoms with Gasteiger partial charge in [0.05, 0.1) is 24.9 Å². The van der Waals surface area contributed by atoms with Gasteiger partial charge in [-0.25, -0.2) is 4.79 Å². The molecule has 6 heteroatoms. The largest absolute Gasteiger partial charge is 0.467 e. The van der Waals surface area contributed by atoms with Gasteiger partial charge in [-0.05, 0) is 13.0 Å². The minimum Gasteiger partial charge on any atom is -0.467 e. The van der Waals surface area contributed by atoms with E-state index in [0.29, 0.717) is 24.4 Å². The summed E-state index contributed by atoms with van der Waals surface area (Å²) in [6.07, 6.45) is 1.38. The SMILES string of the molecule is COC(=O)c1coc(CNCc2cc(C)on2)c1. The summed E-state index contributed by atoms with van der Waals surface area (Å²) in [7, 11) is 1.33. The van der Waals surface area contributed by atoms with Gasteiger partial charge in [-0.15, -0.1) is 0 Å². The molecule has 1 N–H and O–H groups in total. The van der Waals surface area contributed by atoms with Crippen molar-refractivity contribution in [2.75, 3.05) is 7.11 Å². The molecule has 6 nitrogen and oxygen atoms in total. The van der Waals surface area contributed by atoms with Crippen LogP contribution in [0.3, 0.4) is 0 Å². The van der Waals surface area contributed by atoms with Gasteiger partial charge >= 0.3 is 5.97 Å². The standard InChI is InChI=1S/C12H14N2O4/c1-8-3-10(14-18-8)5-13-6-11-4-9(7-17-11)12(15)16-2/h3-4,7,13H,5-6H2,1-2H3. The molecule has 0 fully saturated rings. The van der Waals surface area contributed by atoms with Crippen molar-refractivity contribution < 1.29 is 18.5 Å². The zero-order valence-corrected chi connectivity index (χ0v) is 10.2. The fourth-order valence-corrected chi connectivity index (χ4v) is 1.51. The number of ether oxygens (including phenoxy) is 1. The highest BCUT2D eigenvalue weighted by Crippen LogP contribution is 2.09. The van der Waals surface area contributed by atoms with Crippen LogP contribution in [-0.4, -0.2) is 18.2 Å². The average Bonchev–Trinajstić information content (AvgIpc) is 2.98. The van der Waals surface area contributed by atoms with Crippen molar-refractivity contribution in [3.8, 4) is 0 Å². The molecular formula is C12H14N2O4. The molecule has 0 saturated carbocycles. The average molecular weight is 250 g/mol. The van der Waals surface area contributed by atoms with Crippen molar-refractivity contribution in [1.29, 1.82) is 0 Å². The lowest BCUT2D eigenvalue weighted by Crippen LogP contribution is -2.12. The number of rotatable bonds is 5. The first-order chi connectivity index (χ1) is 8.69. The molecule has 96 valence electrons. The molecule has 0 amide bonds. The normalized spacial score (nSPS) is 10.6. The summed E-state index contributed by atoms with van der Waals surface area (Å²) in [6.45, 7) is 2.92. The van der Waals surface area contributed by atoms with Crippen LogP contribution in [0.25, 0.3) is 0 Å². The molecule has 0 atom stereocenters. The molecule has 2 heterocycles. The summed E-state index contributed by atoms with van der Waals surface area (Å²) in [5.74, 6) is 1.03. The molecule has 0 aliphatic carbocycles. The van der Waals surface area contributed by atoms with Gasteiger partial charge in [-0.1, -0.05) is 5.16 Å². The van der Waals surface area contributed by atoms with Crippen LogP contribution in [0.5, 0.6) is 0 Å². The van der Waals surface area contributed by atoms with Gasteiger partial charge in [-0.2, -0.15) is 0 Å². The number of esters is 1. The fraction of sp³-hybridized carbons (Fsp3) is 0.333. The number of aromatic nitrogens is 1. The smallest absolute Gasteiger partial charge is 0.341 e. The molecule has 0 aliphatic rings. The van der Waals surface area contributed by atoms with E-state index in [0.717, 1.165) is 11.5 Å². The summed E-state index contributed by atoms with van der Waals surface area (Å²) >= 11 is 0. The summed E-state index contributed by atoms with van der Waals surface area (Å²) in [6, 6.07) is 3.50. The number of methoxy groups -OCH3 is 1. The van der Waals surface area contributed by atoms with E-state index < -0.39 is 5.97 Å².